The summed E-state index contributed by atoms with van der Waals surface area (Å²) in [5.41, 5.74) is 0.410. The van der Waals surface area contributed by atoms with Crippen molar-refractivity contribution in [3.05, 3.63) is 29.8 Å². The summed E-state index contributed by atoms with van der Waals surface area (Å²) in [6, 6.07) is 6.82. The molecule has 0 fully saturated rings. The first-order valence-electron chi connectivity index (χ1n) is 5.50. The Kier molecular flexibility index (Phi) is 5.31. The monoisotopic (exact) mass is 255 g/mol. The highest BCUT2D eigenvalue weighted by atomic mass is 32.2. The van der Waals surface area contributed by atoms with E-state index in [0.29, 0.717) is 16.2 Å². The van der Waals surface area contributed by atoms with Gasteiger partial charge < -0.3 is 10.4 Å². The molecule has 0 bridgehead atoms. The van der Waals surface area contributed by atoms with Gasteiger partial charge in [-0.15, -0.1) is 0 Å². The summed E-state index contributed by atoms with van der Waals surface area (Å²) in [7, 11) is -1.16. The average molecular weight is 255 g/mol. The van der Waals surface area contributed by atoms with Gasteiger partial charge >= 0.3 is 0 Å². The molecule has 0 heterocycles. The van der Waals surface area contributed by atoms with Crippen LogP contribution in [-0.4, -0.2) is 33.6 Å². The summed E-state index contributed by atoms with van der Waals surface area (Å²) >= 11 is 0. The van der Waals surface area contributed by atoms with Crippen molar-refractivity contribution in [1.82, 2.24) is 5.32 Å². The highest BCUT2D eigenvalue weighted by Crippen LogP contribution is 2.13. The number of aliphatic hydroxyl groups excluding tert-OH is 1. The maximum Gasteiger partial charge on any atom is 0.252 e. The average Bonchev–Trinajstić information content (AvgIpc) is 2.34. The number of hydrogen-bond acceptors (Lipinski definition) is 3. The second-order valence-electron chi connectivity index (χ2n) is 3.69. The van der Waals surface area contributed by atoms with Crippen LogP contribution in [0.1, 0.15) is 24.2 Å². The van der Waals surface area contributed by atoms with E-state index in [1.54, 1.807) is 38.1 Å². The highest BCUT2D eigenvalue weighted by molar-refractivity contribution is 7.85. The summed E-state index contributed by atoms with van der Waals surface area (Å²) in [4.78, 5) is 12.4. The first-order valence-corrected chi connectivity index (χ1v) is 6.81. The van der Waals surface area contributed by atoms with E-state index in [1.807, 2.05) is 0 Å². The number of hydrogen-bond donors (Lipinski definition) is 2. The molecule has 2 N–H and O–H groups in total. The Morgan fingerprint density at radius 2 is 2.12 bits per heavy atom. The highest BCUT2D eigenvalue weighted by Gasteiger charge is 2.14. The summed E-state index contributed by atoms with van der Waals surface area (Å²) in [5, 5.41) is 11.7. The number of aliphatic hydroxyl groups is 1. The molecular formula is C12H17NO3S. The van der Waals surface area contributed by atoms with Gasteiger partial charge in [0, 0.05) is 12.3 Å². The maximum atomic E-state index is 11.8. The second-order valence-corrected chi connectivity index (χ2v) is 5.40. The minimum atomic E-state index is -1.16. The van der Waals surface area contributed by atoms with Crippen LogP contribution in [0.2, 0.25) is 0 Å². The Balaban J connectivity index is 2.89. The molecule has 1 rings (SSSR count). The van der Waals surface area contributed by atoms with Crippen LogP contribution in [-0.2, 0) is 10.8 Å². The molecule has 0 aliphatic heterocycles. The molecule has 2 atom stereocenters. The number of rotatable bonds is 5. The summed E-state index contributed by atoms with van der Waals surface area (Å²) < 4.78 is 11.8. The van der Waals surface area contributed by atoms with Crippen LogP contribution >= 0.6 is 0 Å². The minimum absolute atomic E-state index is 0.186. The van der Waals surface area contributed by atoms with Crippen LogP contribution in [0, 0.1) is 0 Å². The van der Waals surface area contributed by atoms with Gasteiger partial charge in [0.25, 0.3) is 5.91 Å². The Bertz CT molecular complexity index is 418. The van der Waals surface area contributed by atoms with Crippen molar-refractivity contribution in [3.8, 4) is 0 Å². The molecule has 2 unspecified atom stereocenters. The molecule has 4 nitrogen and oxygen atoms in total. The van der Waals surface area contributed by atoms with E-state index in [1.165, 1.54) is 0 Å². The lowest BCUT2D eigenvalue weighted by Crippen LogP contribution is -2.31. The first-order chi connectivity index (χ1) is 8.06. The second kappa shape index (κ2) is 6.51. The van der Waals surface area contributed by atoms with E-state index in [9.17, 15) is 9.00 Å². The SMILES string of the molecule is CCS(=O)c1ccccc1C(=O)NCC(C)O. The van der Waals surface area contributed by atoms with Gasteiger partial charge in [0.15, 0.2) is 0 Å². The van der Waals surface area contributed by atoms with E-state index in [0.717, 1.165) is 0 Å². The molecule has 1 amide bonds. The Morgan fingerprint density at radius 3 is 2.71 bits per heavy atom. The molecular weight excluding hydrogens is 238 g/mol. The van der Waals surface area contributed by atoms with Gasteiger partial charge in [-0.25, -0.2) is 0 Å². The van der Waals surface area contributed by atoms with Gasteiger partial charge in [0.05, 0.1) is 27.4 Å². The predicted octanol–water partition coefficient (Wildman–Crippen LogP) is 0.925. The van der Waals surface area contributed by atoms with Crippen molar-refractivity contribution in [2.45, 2.75) is 24.8 Å². The molecule has 0 spiro atoms. The van der Waals surface area contributed by atoms with E-state index < -0.39 is 16.9 Å². The third-order valence-electron chi connectivity index (χ3n) is 2.20. The van der Waals surface area contributed by atoms with Crippen LogP contribution in [0.4, 0.5) is 0 Å². The van der Waals surface area contributed by atoms with Gasteiger partial charge in [-0.2, -0.15) is 0 Å². The molecule has 1 aromatic rings. The molecule has 1 aromatic carbocycles. The number of carbonyl (C=O) groups is 1. The third kappa shape index (κ3) is 3.94. The predicted molar refractivity (Wildman–Crippen MR) is 67.4 cm³/mol. The Hall–Kier alpha value is -1.20. The standard InChI is InChI=1S/C12H17NO3S/c1-3-17(16)11-7-5-4-6-10(11)12(15)13-8-9(2)14/h4-7,9,14H,3,8H2,1-2H3,(H,13,15). The van der Waals surface area contributed by atoms with Crippen LogP contribution in [0.5, 0.6) is 0 Å². The van der Waals surface area contributed by atoms with Crippen LogP contribution in [0.25, 0.3) is 0 Å². The summed E-state index contributed by atoms with van der Waals surface area (Å²) in [6.45, 7) is 3.59. The zero-order valence-electron chi connectivity index (χ0n) is 9.97. The lowest BCUT2D eigenvalue weighted by molar-refractivity contribution is 0.0921. The number of nitrogens with one attached hydrogen (secondary N) is 1. The quantitative estimate of drug-likeness (QED) is 0.822. The largest absolute Gasteiger partial charge is 0.392 e. The van der Waals surface area contributed by atoms with Crippen molar-refractivity contribution in [3.63, 3.8) is 0 Å². The molecule has 0 saturated carbocycles. The van der Waals surface area contributed by atoms with Crippen molar-refractivity contribution >= 4 is 16.7 Å². The van der Waals surface area contributed by atoms with Gasteiger partial charge in [0.1, 0.15) is 0 Å². The normalized spacial score (nSPS) is 14.1. The third-order valence-corrected chi connectivity index (χ3v) is 3.57. The molecule has 0 aliphatic carbocycles. The zero-order chi connectivity index (χ0) is 12.8. The van der Waals surface area contributed by atoms with Crippen molar-refractivity contribution in [1.29, 1.82) is 0 Å². The first kappa shape index (κ1) is 13.9. The maximum absolute atomic E-state index is 11.8. The fourth-order valence-corrected chi connectivity index (χ4v) is 2.29. The van der Waals surface area contributed by atoms with E-state index in [4.69, 9.17) is 5.11 Å². The van der Waals surface area contributed by atoms with Crippen LogP contribution in [0.3, 0.4) is 0 Å². The lowest BCUT2D eigenvalue weighted by atomic mass is 10.2. The number of carbonyl (C=O) groups excluding carboxylic acids is 1. The van der Waals surface area contributed by atoms with Crippen LogP contribution in [0.15, 0.2) is 29.2 Å². The molecule has 0 radical (unpaired) electrons. The minimum Gasteiger partial charge on any atom is -0.392 e. The van der Waals surface area contributed by atoms with Gasteiger partial charge in [0.2, 0.25) is 0 Å². The van der Waals surface area contributed by atoms with Gasteiger partial charge in [-0.1, -0.05) is 19.1 Å². The molecule has 17 heavy (non-hydrogen) atoms. The van der Waals surface area contributed by atoms with Crippen molar-refractivity contribution in [2.24, 2.45) is 0 Å². The number of amides is 1. The molecule has 0 aromatic heterocycles. The molecule has 5 heteroatoms. The van der Waals surface area contributed by atoms with Crippen LogP contribution < -0.4 is 5.32 Å². The smallest absolute Gasteiger partial charge is 0.252 e. The summed E-state index contributed by atoms with van der Waals surface area (Å²) in [6.07, 6.45) is -0.595. The van der Waals surface area contributed by atoms with E-state index in [2.05, 4.69) is 5.32 Å². The Morgan fingerprint density at radius 1 is 1.47 bits per heavy atom. The van der Waals surface area contributed by atoms with E-state index in [-0.39, 0.29) is 12.5 Å². The molecule has 0 saturated heterocycles. The van der Waals surface area contributed by atoms with Gasteiger partial charge in [-0.3, -0.25) is 9.00 Å². The fraction of sp³-hybridized carbons (Fsp3) is 0.417. The van der Waals surface area contributed by atoms with Crippen molar-refractivity contribution in [2.75, 3.05) is 12.3 Å². The topological polar surface area (TPSA) is 66.4 Å². The fourth-order valence-electron chi connectivity index (χ4n) is 1.34. The van der Waals surface area contributed by atoms with Gasteiger partial charge in [-0.05, 0) is 19.1 Å². The zero-order valence-corrected chi connectivity index (χ0v) is 10.8. The summed E-state index contributed by atoms with van der Waals surface area (Å²) in [5.74, 6) is 0.170. The lowest BCUT2D eigenvalue weighted by Gasteiger charge is -2.10. The Labute approximate surface area is 104 Å². The molecule has 0 aliphatic rings. The number of benzene rings is 1. The van der Waals surface area contributed by atoms with Crippen molar-refractivity contribution < 1.29 is 14.1 Å². The van der Waals surface area contributed by atoms with E-state index >= 15 is 0 Å². The molecule has 94 valence electrons.